The summed E-state index contributed by atoms with van der Waals surface area (Å²) in [6.07, 6.45) is 1.30. The van der Waals surface area contributed by atoms with Crippen molar-refractivity contribution >= 4 is 27.5 Å². The molecule has 2 aromatic rings. The fraction of sp³-hybridized carbons (Fsp3) is 0.111. The first kappa shape index (κ1) is 9.97. The number of rotatable bonds is 2. The number of methoxy groups -OCH3 is 1. The van der Waals surface area contributed by atoms with Crippen molar-refractivity contribution in [2.24, 2.45) is 0 Å². The van der Waals surface area contributed by atoms with Crippen LogP contribution in [0.5, 0.6) is 5.88 Å². The van der Waals surface area contributed by atoms with Crippen LogP contribution in [0.25, 0.3) is 5.65 Å². The number of pyridine rings is 1. The topological polar surface area (TPSA) is 63.8 Å². The Kier molecular flexibility index (Phi) is 2.36. The minimum absolute atomic E-state index is 0.0724. The molecule has 0 aliphatic rings. The van der Waals surface area contributed by atoms with Gasteiger partial charge in [0.15, 0.2) is 5.69 Å². The normalized spacial score (nSPS) is 10.5. The number of fused-ring (bicyclic) bond motifs is 1. The number of hydrogen-bond donors (Lipinski definition) is 1. The molecule has 0 saturated carbocycles. The maximum atomic E-state index is 10.9. The summed E-state index contributed by atoms with van der Waals surface area (Å²) in [6.45, 7) is 0. The van der Waals surface area contributed by atoms with E-state index in [4.69, 9.17) is 9.84 Å². The summed E-state index contributed by atoms with van der Waals surface area (Å²) in [5.41, 5.74) is 0.607. The molecule has 0 atom stereocenters. The van der Waals surface area contributed by atoms with Gasteiger partial charge in [-0.1, -0.05) is 0 Å². The van der Waals surface area contributed by atoms with Crippen molar-refractivity contribution in [3.05, 3.63) is 28.5 Å². The average molecular weight is 271 g/mol. The van der Waals surface area contributed by atoms with E-state index >= 15 is 0 Å². The zero-order chi connectivity index (χ0) is 11.0. The first-order valence-electron chi connectivity index (χ1n) is 4.08. The smallest absolute Gasteiger partial charge is 0.354 e. The second-order valence-corrected chi connectivity index (χ2v) is 3.69. The highest BCUT2D eigenvalue weighted by molar-refractivity contribution is 9.10. The Hall–Kier alpha value is -1.56. The van der Waals surface area contributed by atoms with Crippen LogP contribution in [0.1, 0.15) is 10.5 Å². The molecule has 2 aromatic heterocycles. The number of ether oxygens (including phenoxy) is 1. The Labute approximate surface area is 93.4 Å². The number of carbonyl (C=O) groups is 1. The highest BCUT2D eigenvalue weighted by Crippen LogP contribution is 2.26. The third kappa shape index (κ3) is 1.46. The van der Waals surface area contributed by atoms with Gasteiger partial charge < -0.3 is 9.84 Å². The second-order valence-electron chi connectivity index (χ2n) is 2.83. The summed E-state index contributed by atoms with van der Waals surface area (Å²) in [6, 6.07) is 3.46. The lowest BCUT2D eigenvalue weighted by molar-refractivity contribution is 0.0688. The molecule has 6 heteroatoms. The predicted molar refractivity (Wildman–Crippen MR) is 56.4 cm³/mol. The standard InChI is InChI=1S/C9H7BrN2O3/c1-15-8-5(10)2-3-7-11-4-6(9(13)14)12(7)8/h2-4H,1H3,(H,13,14). The Balaban J connectivity index is 2.86. The Bertz CT molecular complexity index is 535. The summed E-state index contributed by atoms with van der Waals surface area (Å²) in [7, 11) is 1.48. The molecule has 78 valence electrons. The van der Waals surface area contributed by atoms with Crippen molar-refractivity contribution in [2.45, 2.75) is 0 Å². The molecule has 0 unspecified atom stereocenters. The fourth-order valence-corrected chi connectivity index (χ4v) is 1.83. The van der Waals surface area contributed by atoms with Crippen molar-refractivity contribution in [3.8, 4) is 5.88 Å². The molecule has 0 radical (unpaired) electrons. The van der Waals surface area contributed by atoms with E-state index in [2.05, 4.69) is 20.9 Å². The number of imidazole rings is 1. The number of aromatic carboxylic acids is 1. The fourth-order valence-electron chi connectivity index (χ4n) is 1.36. The minimum atomic E-state index is -1.04. The van der Waals surface area contributed by atoms with E-state index in [9.17, 15) is 4.79 Å². The summed E-state index contributed by atoms with van der Waals surface area (Å²) in [5.74, 6) is -0.624. The van der Waals surface area contributed by atoms with Gasteiger partial charge in [-0.05, 0) is 28.1 Å². The number of carboxylic acids is 1. The van der Waals surface area contributed by atoms with E-state index in [0.29, 0.717) is 16.0 Å². The molecule has 2 rings (SSSR count). The van der Waals surface area contributed by atoms with Gasteiger partial charge in [0.05, 0.1) is 17.8 Å². The van der Waals surface area contributed by atoms with Crippen molar-refractivity contribution in [1.29, 1.82) is 0 Å². The van der Waals surface area contributed by atoms with Crippen LogP contribution < -0.4 is 4.74 Å². The van der Waals surface area contributed by atoms with Crippen LogP contribution in [0.15, 0.2) is 22.8 Å². The van der Waals surface area contributed by atoms with Crippen LogP contribution in [0.4, 0.5) is 0 Å². The minimum Gasteiger partial charge on any atom is -0.481 e. The number of aromatic nitrogens is 2. The highest BCUT2D eigenvalue weighted by atomic mass is 79.9. The summed E-state index contributed by atoms with van der Waals surface area (Å²) in [4.78, 5) is 14.9. The van der Waals surface area contributed by atoms with Crippen LogP contribution in [0.2, 0.25) is 0 Å². The molecule has 0 amide bonds. The molecular weight excluding hydrogens is 264 g/mol. The van der Waals surface area contributed by atoms with Gasteiger partial charge in [-0.25, -0.2) is 9.78 Å². The first-order valence-corrected chi connectivity index (χ1v) is 4.87. The van der Waals surface area contributed by atoms with Gasteiger partial charge in [-0.15, -0.1) is 0 Å². The predicted octanol–water partition coefficient (Wildman–Crippen LogP) is 1.80. The number of halogens is 1. The molecule has 5 nitrogen and oxygen atoms in total. The van der Waals surface area contributed by atoms with Crippen molar-refractivity contribution in [1.82, 2.24) is 9.38 Å². The molecule has 0 aromatic carbocycles. The Morgan fingerprint density at radius 1 is 1.60 bits per heavy atom. The lowest BCUT2D eigenvalue weighted by atomic mass is 10.4. The van der Waals surface area contributed by atoms with E-state index in [1.165, 1.54) is 17.7 Å². The van der Waals surface area contributed by atoms with Crippen molar-refractivity contribution in [2.75, 3.05) is 7.11 Å². The van der Waals surface area contributed by atoms with E-state index < -0.39 is 5.97 Å². The molecule has 0 aliphatic heterocycles. The molecule has 0 aliphatic carbocycles. The largest absolute Gasteiger partial charge is 0.481 e. The maximum Gasteiger partial charge on any atom is 0.354 e. The zero-order valence-corrected chi connectivity index (χ0v) is 9.35. The van der Waals surface area contributed by atoms with Gasteiger partial charge >= 0.3 is 5.97 Å². The second kappa shape index (κ2) is 3.54. The van der Waals surface area contributed by atoms with E-state index in [0.717, 1.165) is 0 Å². The van der Waals surface area contributed by atoms with Crippen LogP contribution >= 0.6 is 15.9 Å². The van der Waals surface area contributed by atoms with Crippen LogP contribution in [0.3, 0.4) is 0 Å². The Morgan fingerprint density at radius 3 is 2.93 bits per heavy atom. The third-order valence-corrected chi connectivity index (χ3v) is 2.59. The van der Waals surface area contributed by atoms with Crippen LogP contribution in [0, 0.1) is 0 Å². The third-order valence-electron chi connectivity index (χ3n) is 1.99. The van der Waals surface area contributed by atoms with Gasteiger partial charge in [0.2, 0.25) is 5.88 Å². The van der Waals surface area contributed by atoms with Gasteiger partial charge in [-0.3, -0.25) is 4.40 Å². The van der Waals surface area contributed by atoms with Gasteiger partial charge in [0.1, 0.15) is 5.65 Å². The van der Waals surface area contributed by atoms with E-state index in [1.54, 1.807) is 12.1 Å². The molecule has 0 fully saturated rings. The van der Waals surface area contributed by atoms with Crippen molar-refractivity contribution < 1.29 is 14.6 Å². The van der Waals surface area contributed by atoms with Gasteiger partial charge in [0.25, 0.3) is 0 Å². The number of hydrogen-bond acceptors (Lipinski definition) is 3. The highest BCUT2D eigenvalue weighted by Gasteiger charge is 2.15. The Morgan fingerprint density at radius 2 is 2.33 bits per heavy atom. The molecule has 1 N–H and O–H groups in total. The molecule has 0 spiro atoms. The van der Waals surface area contributed by atoms with Crippen LogP contribution in [-0.4, -0.2) is 27.6 Å². The summed E-state index contributed by atoms with van der Waals surface area (Å²) in [5, 5.41) is 8.95. The van der Waals surface area contributed by atoms with Gasteiger partial charge in [-0.2, -0.15) is 0 Å². The van der Waals surface area contributed by atoms with Crippen molar-refractivity contribution in [3.63, 3.8) is 0 Å². The van der Waals surface area contributed by atoms with Crippen LogP contribution in [-0.2, 0) is 0 Å². The molecule has 15 heavy (non-hydrogen) atoms. The number of nitrogens with zero attached hydrogens (tertiary/aromatic N) is 2. The SMILES string of the molecule is COc1c(Br)ccc2ncc(C(=O)O)n12. The molecular formula is C9H7BrN2O3. The lowest BCUT2D eigenvalue weighted by Gasteiger charge is -2.07. The van der Waals surface area contributed by atoms with Gasteiger partial charge in [0, 0.05) is 0 Å². The number of carboxylic acid groups (broad SMARTS) is 1. The first-order chi connectivity index (χ1) is 7.15. The summed E-state index contributed by atoms with van der Waals surface area (Å²) >= 11 is 3.28. The lowest BCUT2D eigenvalue weighted by Crippen LogP contribution is -2.04. The quantitative estimate of drug-likeness (QED) is 0.904. The van der Waals surface area contributed by atoms with E-state index in [1.807, 2.05) is 0 Å². The molecule has 0 saturated heterocycles. The zero-order valence-electron chi connectivity index (χ0n) is 7.77. The summed E-state index contributed by atoms with van der Waals surface area (Å²) < 4.78 is 7.24. The average Bonchev–Trinajstić information content (AvgIpc) is 2.61. The molecule has 0 bridgehead atoms. The maximum absolute atomic E-state index is 10.9. The van der Waals surface area contributed by atoms with E-state index in [-0.39, 0.29) is 5.69 Å². The molecule has 2 heterocycles. The monoisotopic (exact) mass is 270 g/mol.